The van der Waals surface area contributed by atoms with E-state index in [1.54, 1.807) is 30.3 Å². The molecule has 1 aromatic rings. The van der Waals surface area contributed by atoms with Crippen molar-refractivity contribution in [3.63, 3.8) is 0 Å². The average Bonchev–Trinajstić information content (AvgIpc) is 2.62. The van der Waals surface area contributed by atoms with Crippen LogP contribution in [0.2, 0.25) is 0 Å². The van der Waals surface area contributed by atoms with E-state index in [0.29, 0.717) is 5.56 Å². The number of ether oxygens (including phenoxy) is 2. The van der Waals surface area contributed by atoms with Crippen LogP contribution in [0.15, 0.2) is 30.3 Å². The second-order valence-corrected chi connectivity index (χ2v) is 5.34. The van der Waals surface area contributed by atoms with Gasteiger partial charge in [-0.25, -0.2) is 9.59 Å². The van der Waals surface area contributed by atoms with Crippen molar-refractivity contribution < 1.29 is 23.9 Å². The second-order valence-electron chi connectivity index (χ2n) is 5.34. The molecule has 6 nitrogen and oxygen atoms in total. The molecule has 1 aromatic carbocycles. The summed E-state index contributed by atoms with van der Waals surface area (Å²) in [5, 5.41) is 2.65. The van der Waals surface area contributed by atoms with Gasteiger partial charge < -0.3 is 14.8 Å². The van der Waals surface area contributed by atoms with Gasteiger partial charge in [-0.3, -0.25) is 4.79 Å². The van der Waals surface area contributed by atoms with Gasteiger partial charge in [-0.2, -0.15) is 0 Å². The van der Waals surface area contributed by atoms with Crippen molar-refractivity contribution in [2.45, 2.75) is 26.3 Å². The molecule has 0 saturated carbocycles. The van der Waals surface area contributed by atoms with Gasteiger partial charge in [0.05, 0.1) is 19.8 Å². The van der Waals surface area contributed by atoms with E-state index in [9.17, 15) is 14.4 Å². The molecular weight excluding hydrogens is 310 g/mol. The lowest BCUT2D eigenvalue weighted by Gasteiger charge is -2.20. The van der Waals surface area contributed by atoms with E-state index < -0.39 is 18.0 Å². The van der Waals surface area contributed by atoms with Gasteiger partial charge in [-0.15, -0.1) is 0 Å². The van der Waals surface area contributed by atoms with Crippen molar-refractivity contribution in [1.29, 1.82) is 0 Å². The van der Waals surface area contributed by atoms with Gasteiger partial charge in [0.2, 0.25) is 5.91 Å². The Morgan fingerprint density at radius 2 is 1.75 bits per heavy atom. The van der Waals surface area contributed by atoms with Crippen molar-refractivity contribution in [1.82, 2.24) is 5.32 Å². The van der Waals surface area contributed by atoms with Crippen LogP contribution in [0.25, 0.3) is 6.08 Å². The molecule has 0 aliphatic heterocycles. The van der Waals surface area contributed by atoms with Crippen LogP contribution in [0.5, 0.6) is 0 Å². The maximum atomic E-state index is 12.0. The van der Waals surface area contributed by atoms with Gasteiger partial charge in [0.25, 0.3) is 0 Å². The predicted octanol–water partition coefficient (Wildman–Crippen LogP) is 2.19. The maximum absolute atomic E-state index is 12.0. The van der Waals surface area contributed by atoms with Crippen molar-refractivity contribution in [2.75, 3.05) is 14.2 Å². The molecule has 0 heterocycles. The Labute approximate surface area is 141 Å². The van der Waals surface area contributed by atoms with E-state index in [-0.39, 0.29) is 11.8 Å². The Balaban J connectivity index is 2.73. The van der Waals surface area contributed by atoms with E-state index >= 15 is 0 Å². The molecule has 24 heavy (non-hydrogen) atoms. The molecule has 2 atom stereocenters. The molecule has 0 spiro atoms. The van der Waals surface area contributed by atoms with Gasteiger partial charge in [0.15, 0.2) is 0 Å². The summed E-state index contributed by atoms with van der Waals surface area (Å²) in [7, 11) is 2.61. The minimum atomic E-state index is -0.682. The third-order valence-corrected chi connectivity index (χ3v) is 3.72. The number of benzene rings is 1. The Morgan fingerprint density at radius 1 is 1.12 bits per heavy atom. The van der Waals surface area contributed by atoms with Crippen LogP contribution in [0, 0.1) is 5.92 Å². The van der Waals surface area contributed by atoms with Crippen molar-refractivity contribution >= 4 is 23.9 Å². The highest BCUT2D eigenvalue weighted by Crippen LogP contribution is 2.10. The lowest BCUT2D eigenvalue weighted by atomic mass is 9.99. The zero-order valence-electron chi connectivity index (χ0n) is 14.4. The number of carbonyl (C=O) groups is 3. The van der Waals surface area contributed by atoms with Crippen LogP contribution in [0.4, 0.5) is 0 Å². The van der Waals surface area contributed by atoms with Gasteiger partial charge >= 0.3 is 11.9 Å². The summed E-state index contributed by atoms with van der Waals surface area (Å²) < 4.78 is 9.34. The van der Waals surface area contributed by atoms with Crippen molar-refractivity contribution in [3.05, 3.63) is 41.5 Å². The van der Waals surface area contributed by atoms with Crippen LogP contribution in [0.3, 0.4) is 0 Å². The molecular formula is C18H23NO5. The van der Waals surface area contributed by atoms with Crippen LogP contribution >= 0.6 is 0 Å². The molecule has 0 aliphatic carbocycles. The molecule has 0 aliphatic rings. The van der Waals surface area contributed by atoms with Gasteiger partial charge in [-0.1, -0.05) is 32.4 Å². The van der Waals surface area contributed by atoms with Gasteiger partial charge in [0.1, 0.15) is 6.04 Å². The topological polar surface area (TPSA) is 81.7 Å². The number of rotatable bonds is 7. The molecule has 1 N–H and O–H groups in total. The summed E-state index contributed by atoms with van der Waals surface area (Å²) in [5.41, 5.74) is 1.18. The molecule has 0 fully saturated rings. The molecule has 0 aromatic heterocycles. The molecule has 0 bridgehead atoms. The van der Waals surface area contributed by atoms with Crippen molar-refractivity contribution in [2.24, 2.45) is 5.92 Å². The Morgan fingerprint density at radius 3 is 2.25 bits per heavy atom. The van der Waals surface area contributed by atoms with Crippen LogP contribution < -0.4 is 5.32 Å². The second kappa shape index (κ2) is 9.50. The van der Waals surface area contributed by atoms with Gasteiger partial charge in [0, 0.05) is 6.08 Å². The number of amides is 1. The monoisotopic (exact) mass is 333 g/mol. The van der Waals surface area contributed by atoms with Crippen LogP contribution in [-0.2, 0) is 19.1 Å². The maximum Gasteiger partial charge on any atom is 0.337 e. The number of esters is 2. The minimum Gasteiger partial charge on any atom is -0.467 e. The summed E-state index contributed by atoms with van der Waals surface area (Å²) in [6.45, 7) is 3.81. The van der Waals surface area contributed by atoms with Crippen LogP contribution in [0.1, 0.15) is 36.2 Å². The van der Waals surface area contributed by atoms with E-state index in [2.05, 4.69) is 10.1 Å². The fourth-order valence-electron chi connectivity index (χ4n) is 2.02. The van der Waals surface area contributed by atoms with Crippen molar-refractivity contribution in [3.8, 4) is 0 Å². The molecule has 0 radical (unpaired) electrons. The molecule has 1 amide bonds. The predicted molar refractivity (Wildman–Crippen MR) is 90.2 cm³/mol. The summed E-state index contributed by atoms with van der Waals surface area (Å²) in [6, 6.07) is 5.93. The summed E-state index contributed by atoms with van der Waals surface area (Å²) in [5.74, 6) is -1.30. The number of carbonyl (C=O) groups excluding carboxylic acids is 3. The highest BCUT2D eigenvalue weighted by atomic mass is 16.5. The summed E-state index contributed by atoms with van der Waals surface area (Å²) in [4.78, 5) is 35.1. The van der Waals surface area contributed by atoms with Gasteiger partial charge in [-0.05, 0) is 29.7 Å². The first-order valence-corrected chi connectivity index (χ1v) is 7.67. The molecule has 6 heteroatoms. The molecule has 130 valence electrons. The number of hydrogen-bond donors (Lipinski definition) is 1. The molecule has 0 unspecified atom stereocenters. The number of methoxy groups -OCH3 is 2. The lowest BCUT2D eigenvalue weighted by Crippen LogP contribution is -2.45. The molecule has 1 rings (SSSR count). The summed E-state index contributed by atoms with van der Waals surface area (Å²) >= 11 is 0. The molecule has 0 saturated heterocycles. The Kier molecular flexibility index (Phi) is 7.68. The first-order chi connectivity index (χ1) is 11.4. The fourth-order valence-corrected chi connectivity index (χ4v) is 2.02. The zero-order chi connectivity index (χ0) is 18.1. The smallest absolute Gasteiger partial charge is 0.337 e. The first kappa shape index (κ1) is 19.4. The quantitative estimate of drug-likeness (QED) is 0.611. The minimum absolute atomic E-state index is 0.0332. The van der Waals surface area contributed by atoms with E-state index in [1.807, 2.05) is 13.8 Å². The fraction of sp³-hybridized carbons (Fsp3) is 0.389. The SMILES string of the molecule is CC[C@@H](C)[C@H](NC(=O)/C=C/c1ccc(C(=O)OC)cc1)C(=O)OC. The highest BCUT2D eigenvalue weighted by Gasteiger charge is 2.25. The third-order valence-electron chi connectivity index (χ3n) is 3.72. The van der Waals surface area contributed by atoms with E-state index in [1.165, 1.54) is 20.3 Å². The number of hydrogen-bond acceptors (Lipinski definition) is 5. The largest absolute Gasteiger partial charge is 0.467 e. The summed E-state index contributed by atoms with van der Waals surface area (Å²) in [6.07, 6.45) is 3.67. The highest BCUT2D eigenvalue weighted by molar-refractivity contribution is 5.95. The normalized spacial score (nSPS) is 13.2. The van der Waals surface area contributed by atoms with Crippen LogP contribution in [-0.4, -0.2) is 38.1 Å². The number of nitrogens with one attached hydrogen (secondary N) is 1. The Hall–Kier alpha value is -2.63. The third kappa shape index (κ3) is 5.53. The zero-order valence-corrected chi connectivity index (χ0v) is 14.4. The lowest BCUT2D eigenvalue weighted by molar-refractivity contribution is -0.146. The Bertz CT molecular complexity index is 606. The standard InChI is InChI=1S/C18H23NO5/c1-5-12(2)16(18(22)24-4)19-15(20)11-8-13-6-9-14(10-7-13)17(21)23-3/h6-12,16H,5H2,1-4H3,(H,19,20)/b11-8+/t12-,16+/m1/s1. The van der Waals surface area contributed by atoms with E-state index in [0.717, 1.165) is 12.0 Å². The average molecular weight is 333 g/mol. The van der Waals surface area contributed by atoms with E-state index in [4.69, 9.17) is 4.74 Å². The first-order valence-electron chi connectivity index (χ1n) is 7.67.